The number of hydrogen-bond donors (Lipinski definition) is 1. The highest BCUT2D eigenvalue weighted by Gasteiger charge is 2.43. The van der Waals surface area contributed by atoms with Crippen LogP contribution in [-0.4, -0.2) is 29.7 Å². The van der Waals surface area contributed by atoms with Crippen LogP contribution in [0.1, 0.15) is 42.4 Å². The number of nitrogens with zero attached hydrogens (tertiary/aromatic N) is 1. The van der Waals surface area contributed by atoms with Gasteiger partial charge in [-0.05, 0) is 61.4 Å². The third kappa shape index (κ3) is 4.17. The lowest BCUT2D eigenvalue weighted by Gasteiger charge is -2.44. The summed E-state index contributed by atoms with van der Waals surface area (Å²) >= 11 is 0. The SMILES string of the molecule is OC1(c2ccc(CN3CCCC3)cc2)CC(COCc2ccccc2)C1. The minimum Gasteiger partial charge on any atom is -0.385 e. The average molecular weight is 351 g/mol. The van der Waals surface area contributed by atoms with Gasteiger partial charge in [0.15, 0.2) is 0 Å². The fourth-order valence-corrected chi connectivity index (χ4v) is 4.29. The molecule has 1 saturated carbocycles. The molecular weight excluding hydrogens is 322 g/mol. The molecule has 1 heterocycles. The molecule has 0 unspecified atom stereocenters. The molecule has 138 valence electrons. The van der Waals surface area contributed by atoms with E-state index in [-0.39, 0.29) is 0 Å². The zero-order valence-corrected chi connectivity index (χ0v) is 15.4. The van der Waals surface area contributed by atoms with Crippen molar-refractivity contribution in [3.05, 3.63) is 71.3 Å². The average Bonchev–Trinajstić information content (AvgIpc) is 3.14. The van der Waals surface area contributed by atoms with Crippen molar-refractivity contribution in [1.29, 1.82) is 0 Å². The van der Waals surface area contributed by atoms with Gasteiger partial charge in [0, 0.05) is 6.54 Å². The van der Waals surface area contributed by atoms with E-state index >= 15 is 0 Å². The van der Waals surface area contributed by atoms with Gasteiger partial charge in [0.25, 0.3) is 0 Å². The molecule has 1 aliphatic carbocycles. The van der Waals surface area contributed by atoms with Gasteiger partial charge in [-0.1, -0.05) is 54.6 Å². The van der Waals surface area contributed by atoms with Crippen LogP contribution in [0.2, 0.25) is 0 Å². The van der Waals surface area contributed by atoms with Gasteiger partial charge in [0.05, 0.1) is 18.8 Å². The molecule has 1 N–H and O–H groups in total. The van der Waals surface area contributed by atoms with Crippen molar-refractivity contribution < 1.29 is 9.84 Å². The molecule has 4 rings (SSSR count). The molecule has 1 aliphatic heterocycles. The van der Waals surface area contributed by atoms with E-state index in [4.69, 9.17) is 4.74 Å². The van der Waals surface area contributed by atoms with Crippen LogP contribution in [0.3, 0.4) is 0 Å². The van der Waals surface area contributed by atoms with Crippen molar-refractivity contribution in [2.75, 3.05) is 19.7 Å². The van der Waals surface area contributed by atoms with Gasteiger partial charge in [0.2, 0.25) is 0 Å². The summed E-state index contributed by atoms with van der Waals surface area (Å²) in [6.07, 6.45) is 4.25. The summed E-state index contributed by atoms with van der Waals surface area (Å²) in [4.78, 5) is 2.51. The monoisotopic (exact) mass is 351 g/mol. The third-order valence-corrected chi connectivity index (χ3v) is 5.81. The van der Waals surface area contributed by atoms with Gasteiger partial charge in [-0.15, -0.1) is 0 Å². The molecule has 0 amide bonds. The van der Waals surface area contributed by atoms with Crippen LogP contribution in [0.15, 0.2) is 54.6 Å². The molecule has 3 nitrogen and oxygen atoms in total. The smallest absolute Gasteiger partial charge is 0.0903 e. The Bertz CT molecular complexity index is 686. The zero-order valence-electron chi connectivity index (χ0n) is 15.4. The lowest BCUT2D eigenvalue weighted by atomic mass is 9.67. The topological polar surface area (TPSA) is 32.7 Å². The van der Waals surface area contributed by atoms with Crippen molar-refractivity contribution in [2.24, 2.45) is 5.92 Å². The van der Waals surface area contributed by atoms with Gasteiger partial charge in [-0.25, -0.2) is 0 Å². The normalized spacial score (nSPS) is 26.0. The third-order valence-electron chi connectivity index (χ3n) is 5.81. The Balaban J connectivity index is 1.23. The molecule has 0 spiro atoms. The Morgan fingerprint density at radius 2 is 1.62 bits per heavy atom. The van der Waals surface area contributed by atoms with Gasteiger partial charge in [0.1, 0.15) is 0 Å². The highest BCUT2D eigenvalue weighted by atomic mass is 16.5. The maximum Gasteiger partial charge on any atom is 0.0903 e. The van der Waals surface area contributed by atoms with Crippen LogP contribution in [0, 0.1) is 5.92 Å². The summed E-state index contributed by atoms with van der Waals surface area (Å²) in [5.41, 5.74) is 2.95. The van der Waals surface area contributed by atoms with Crippen LogP contribution in [0.4, 0.5) is 0 Å². The molecule has 2 aromatic carbocycles. The van der Waals surface area contributed by atoms with E-state index < -0.39 is 5.60 Å². The Labute approximate surface area is 156 Å². The molecule has 0 bridgehead atoms. The van der Waals surface area contributed by atoms with Crippen LogP contribution >= 0.6 is 0 Å². The molecule has 0 radical (unpaired) electrons. The van der Waals surface area contributed by atoms with Crippen LogP contribution in [0.5, 0.6) is 0 Å². The number of ether oxygens (including phenoxy) is 1. The van der Waals surface area contributed by atoms with E-state index in [1.165, 1.54) is 37.1 Å². The number of likely N-dealkylation sites (tertiary alicyclic amines) is 1. The Hall–Kier alpha value is -1.68. The molecule has 2 fully saturated rings. The van der Waals surface area contributed by atoms with Crippen molar-refractivity contribution in [3.63, 3.8) is 0 Å². The Morgan fingerprint density at radius 3 is 2.31 bits per heavy atom. The van der Waals surface area contributed by atoms with Gasteiger partial charge < -0.3 is 9.84 Å². The second kappa shape index (κ2) is 7.91. The second-order valence-corrected chi connectivity index (χ2v) is 7.99. The largest absolute Gasteiger partial charge is 0.385 e. The summed E-state index contributed by atoms with van der Waals surface area (Å²) in [5.74, 6) is 0.452. The minimum absolute atomic E-state index is 0.452. The first kappa shape index (κ1) is 17.7. The number of rotatable bonds is 7. The predicted molar refractivity (Wildman–Crippen MR) is 104 cm³/mol. The molecule has 26 heavy (non-hydrogen) atoms. The number of aliphatic hydroxyl groups is 1. The molecule has 1 saturated heterocycles. The standard InChI is InChI=1S/C23H29NO2/c25-23(14-21(15-23)18-26-17-20-6-2-1-3-7-20)22-10-8-19(9-11-22)16-24-12-4-5-13-24/h1-3,6-11,21,25H,4-5,12-18H2. The fourth-order valence-electron chi connectivity index (χ4n) is 4.29. The highest BCUT2D eigenvalue weighted by molar-refractivity contribution is 5.29. The summed E-state index contributed by atoms with van der Waals surface area (Å²) in [6, 6.07) is 18.9. The van der Waals surface area contributed by atoms with E-state index in [1.54, 1.807) is 0 Å². The summed E-state index contributed by atoms with van der Waals surface area (Å²) in [7, 11) is 0. The quantitative estimate of drug-likeness (QED) is 0.815. The first-order valence-corrected chi connectivity index (χ1v) is 9.87. The van der Waals surface area contributed by atoms with Crippen molar-refractivity contribution in [3.8, 4) is 0 Å². The van der Waals surface area contributed by atoms with E-state index in [9.17, 15) is 5.11 Å². The molecule has 0 aromatic heterocycles. The van der Waals surface area contributed by atoms with Crippen LogP contribution < -0.4 is 0 Å². The molecule has 3 heteroatoms. The van der Waals surface area contributed by atoms with Crippen LogP contribution in [0.25, 0.3) is 0 Å². The summed E-state index contributed by atoms with van der Waals surface area (Å²) < 4.78 is 5.83. The van der Waals surface area contributed by atoms with Gasteiger partial charge >= 0.3 is 0 Å². The van der Waals surface area contributed by atoms with Crippen LogP contribution in [-0.2, 0) is 23.5 Å². The van der Waals surface area contributed by atoms with Gasteiger partial charge in [-0.3, -0.25) is 4.90 Å². The molecule has 0 atom stereocenters. The maximum absolute atomic E-state index is 10.9. The first-order chi connectivity index (χ1) is 12.7. The molecular formula is C23H29NO2. The lowest BCUT2D eigenvalue weighted by molar-refractivity contribution is -0.104. The molecule has 2 aromatic rings. The van der Waals surface area contributed by atoms with E-state index in [1.807, 2.05) is 18.2 Å². The van der Waals surface area contributed by atoms with Gasteiger partial charge in [-0.2, -0.15) is 0 Å². The fraction of sp³-hybridized carbons (Fsp3) is 0.478. The maximum atomic E-state index is 10.9. The zero-order chi connectivity index (χ0) is 17.8. The predicted octanol–water partition coefficient (Wildman–Crippen LogP) is 4.10. The summed E-state index contributed by atoms with van der Waals surface area (Å²) in [5, 5.41) is 10.9. The van der Waals surface area contributed by atoms with Crippen molar-refractivity contribution in [2.45, 2.75) is 44.4 Å². The highest BCUT2D eigenvalue weighted by Crippen LogP contribution is 2.45. The number of hydrogen-bond acceptors (Lipinski definition) is 3. The minimum atomic E-state index is -0.660. The molecule has 2 aliphatic rings. The Kier molecular flexibility index (Phi) is 5.39. The van der Waals surface area contributed by atoms with Crippen molar-refractivity contribution in [1.82, 2.24) is 4.90 Å². The van der Waals surface area contributed by atoms with E-state index in [2.05, 4.69) is 41.3 Å². The van der Waals surface area contributed by atoms with E-state index in [0.717, 1.165) is 31.6 Å². The van der Waals surface area contributed by atoms with Crippen molar-refractivity contribution >= 4 is 0 Å². The lowest BCUT2D eigenvalue weighted by Crippen LogP contribution is -2.43. The number of benzene rings is 2. The second-order valence-electron chi connectivity index (χ2n) is 7.99. The van der Waals surface area contributed by atoms with E-state index in [0.29, 0.717) is 12.5 Å². The summed E-state index contributed by atoms with van der Waals surface area (Å²) in [6.45, 7) is 4.85. The Morgan fingerprint density at radius 1 is 0.923 bits per heavy atom. The first-order valence-electron chi connectivity index (χ1n) is 9.87.